The van der Waals surface area contributed by atoms with Gasteiger partial charge in [-0.05, 0) is 34.8 Å². The Bertz CT molecular complexity index is 901. The van der Waals surface area contributed by atoms with Gasteiger partial charge < -0.3 is 4.74 Å². The van der Waals surface area contributed by atoms with E-state index in [1.807, 2.05) is 6.08 Å². The van der Waals surface area contributed by atoms with Crippen molar-refractivity contribution in [3.63, 3.8) is 0 Å². The number of allylic oxidation sites excluding steroid dienone is 1. The Morgan fingerprint density at radius 1 is 1.04 bits per heavy atom. The molecule has 0 unspecified atom stereocenters. The maximum absolute atomic E-state index is 6.35. The first-order valence-corrected chi connectivity index (χ1v) is 16.3. The van der Waals surface area contributed by atoms with Crippen LogP contribution in [0.4, 0.5) is 0 Å². The standard InChI is InChI=1S/C24H32OSi2/c1-8-13-25-24-22(26(3,4)5)14-18(2)15-23(24)27(6,7)21-16-19-11-9-10-12-20(19)17-21/h8-12,14-16H,1,13,17H2,2-7H3. The second kappa shape index (κ2) is 7.29. The molecule has 0 radical (unpaired) electrons. The van der Waals surface area contributed by atoms with E-state index in [1.54, 1.807) is 5.20 Å². The summed E-state index contributed by atoms with van der Waals surface area (Å²) in [7, 11) is -3.39. The van der Waals surface area contributed by atoms with Gasteiger partial charge in [-0.15, -0.1) is 0 Å². The van der Waals surface area contributed by atoms with Crippen molar-refractivity contribution >= 4 is 32.6 Å². The molecule has 0 aromatic heterocycles. The van der Waals surface area contributed by atoms with Crippen molar-refractivity contribution < 1.29 is 4.74 Å². The van der Waals surface area contributed by atoms with Crippen LogP contribution in [0, 0.1) is 6.92 Å². The van der Waals surface area contributed by atoms with E-state index in [-0.39, 0.29) is 0 Å². The van der Waals surface area contributed by atoms with E-state index in [4.69, 9.17) is 4.74 Å². The molecule has 1 nitrogen and oxygen atoms in total. The molecule has 0 N–H and O–H groups in total. The number of aryl methyl sites for hydroxylation is 1. The molecule has 0 heterocycles. The van der Waals surface area contributed by atoms with Crippen molar-refractivity contribution in [1.82, 2.24) is 0 Å². The highest BCUT2D eigenvalue weighted by atomic mass is 28.3. The van der Waals surface area contributed by atoms with Crippen LogP contribution in [0.25, 0.3) is 6.08 Å². The van der Waals surface area contributed by atoms with Crippen molar-refractivity contribution in [1.29, 1.82) is 0 Å². The molecule has 3 rings (SSSR count). The van der Waals surface area contributed by atoms with Crippen molar-refractivity contribution in [2.24, 2.45) is 0 Å². The van der Waals surface area contributed by atoms with Crippen molar-refractivity contribution in [2.45, 2.75) is 46.1 Å². The Hall–Kier alpha value is -1.85. The summed E-state index contributed by atoms with van der Waals surface area (Å²) >= 11 is 0. The molecule has 0 aliphatic heterocycles. The van der Waals surface area contributed by atoms with E-state index in [0.717, 1.165) is 12.2 Å². The number of benzene rings is 2. The average Bonchev–Trinajstić information content (AvgIpc) is 3.04. The summed E-state index contributed by atoms with van der Waals surface area (Å²) in [4.78, 5) is 0. The highest BCUT2D eigenvalue weighted by molar-refractivity contribution is 6.98. The van der Waals surface area contributed by atoms with E-state index >= 15 is 0 Å². The molecule has 0 atom stereocenters. The molecule has 3 heteroatoms. The van der Waals surface area contributed by atoms with Crippen molar-refractivity contribution in [3.8, 4) is 5.75 Å². The zero-order chi connectivity index (χ0) is 19.8. The normalized spacial score (nSPS) is 13.9. The molecule has 0 amide bonds. The molecule has 0 saturated heterocycles. The number of rotatable bonds is 6. The molecule has 142 valence electrons. The lowest BCUT2D eigenvalue weighted by molar-refractivity contribution is 0.368. The number of fused-ring (bicyclic) bond motifs is 1. The van der Waals surface area contributed by atoms with Crippen LogP contribution in [-0.2, 0) is 6.42 Å². The van der Waals surface area contributed by atoms with Gasteiger partial charge >= 0.3 is 0 Å². The predicted octanol–water partition coefficient (Wildman–Crippen LogP) is 5.20. The van der Waals surface area contributed by atoms with Gasteiger partial charge in [0.25, 0.3) is 0 Å². The van der Waals surface area contributed by atoms with Gasteiger partial charge in [0.05, 0.1) is 8.07 Å². The molecule has 1 aliphatic carbocycles. The summed E-state index contributed by atoms with van der Waals surface area (Å²) in [6.07, 6.45) is 5.37. The lowest BCUT2D eigenvalue weighted by Gasteiger charge is -2.31. The summed E-state index contributed by atoms with van der Waals surface area (Å²) in [5.41, 5.74) is 4.20. The van der Waals surface area contributed by atoms with Crippen LogP contribution in [0.2, 0.25) is 32.7 Å². The van der Waals surface area contributed by atoms with Crippen molar-refractivity contribution in [3.05, 3.63) is 70.9 Å². The highest BCUT2D eigenvalue weighted by Crippen LogP contribution is 2.32. The van der Waals surface area contributed by atoms with Crippen LogP contribution in [-0.4, -0.2) is 22.8 Å². The van der Waals surface area contributed by atoms with Gasteiger partial charge in [0.15, 0.2) is 0 Å². The first kappa shape index (κ1) is 19.9. The van der Waals surface area contributed by atoms with Gasteiger partial charge in [-0.25, -0.2) is 0 Å². The van der Waals surface area contributed by atoms with Gasteiger partial charge in [-0.3, -0.25) is 0 Å². The minimum absolute atomic E-state index is 0.567. The third-order valence-electron chi connectivity index (χ3n) is 5.63. The SMILES string of the molecule is C=CCOc1c([Si](C)(C)C)cc(C)cc1[Si](C)(C)C1=Cc2ccccc2C1. The van der Waals surface area contributed by atoms with Gasteiger partial charge in [0.2, 0.25) is 0 Å². The quantitative estimate of drug-likeness (QED) is 0.485. The smallest absolute Gasteiger partial charge is 0.118 e. The fourth-order valence-corrected chi connectivity index (χ4v) is 8.48. The molecule has 27 heavy (non-hydrogen) atoms. The van der Waals surface area contributed by atoms with Gasteiger partial charge in [0.1, 0.15) is 20.4 Å². The largest absolute Gasteiger partial charge is 0.490 e. The number of ether oxygens (including phenoxy) is 1. The Morgan fingerprint density at radius 2 is 1.70 bits per heavy atom. The fourth-order valence-electron chi connectivity index (χ4n) is 3.95. The molecule has 0 spiro atoms. The van der Waals surface area contributed by atoms with Crippen LogP contribution < -0.4 is 15.1 Å². The Balaban J connectivity index is 2.15. The van der Waals surface area contributed by atoms with Crippen LogP contribution in [0.3, 0.4) is 0 Å². The number of hydrogen-bond donors (Lipinski definition) is 0. The zero-order valence-electron chi connectivity index (χ0n) is 17.6. The molecule has 2 aromatic carbocycles. The summed E-state index contributed by atoms with van der Waals surface area (Å²) in [6.45, 7) is 18.8. The Morgan fingerprint density at radius 3 is 2.33 bits per heavy atom. The van der Waals surface area contributed by atoms with Crippen LogP contribution in [0.1, 0.15) is 16.7 Å². The average molecular weight is 393 g/mol. The van der Waals surface area contributed by atoms with E-state index < -0.39 is 16.1 Å². The minimum atomic E-state index is -1.86. The van der Waals surface area contributed by atoms with Gasteiger partial charge in [-0.2, -0.15) is 0 Å². The highest BCUT2D eigenvalue weighted by Gasteiger charge is 2.36. The summed E-state index contributed by atoms with van der Waals surface area (Å²) < 4.78 is 6.35. The van der Waals surface area contributed by atoms with Gasteiger partial charge in [0, 0.05) is 0 Å². The predicted molar refractivity (Wildman–Crippen MR) is 125 cm³/mol. The van der Waals surface area contributed by atoms with E-state index in [0.29, 0.717) is 6.61 Å². The van der Waals surface area contributed by atoms with Crippen LogP contribution in [0.5, 0.6) is 5.75 Å². The molecule has 0 fully saturated rings. The first-order valence-electron chi connectivity index (χ1n) is 9.83. The Labute approximate surface area is 166 Å². The Kier molecular flexibility index (Phi) is 5.37. The monoisotopic (exact) mass is 392 g/mol. The minimum Gasteiger partial charge on any atom is -0.490 e. The molecule has 2 aromatic rings. The zero-order valence-corrected chi connectivity index (χ0v) is 19.6. The second-order valence-electron chi connectivity index (χ2n) is 9.21. The van der Waals surface area contributed by atoms with Crippen molar-refractivity contribution in [2.75, 3.05) is 6.61 Å². The third-order valence-corrected chi connectivity index (χ3v) is 11.3. The molecular formula is C24H32OSi2. The molecule has 0 bridgehead atoms. The third kappa shape index (κ3) is 3.90. The topological polar surface area (TPSA) is 9.23 Å². The number of hydrogen-bond acceptors (Lipinski definition) is 1. The second-order valence-corrected chi connectivity index (χ2v) is 18.7. The fraction of sp³-hybridized carbons (Fsp3) is 0.333. The van der Waals surface area contributed by atoms with Crippen LogP contribution >= 0.6 is 0 Å². The first-order chi connectivity index (χ1) is 12.6. The lowest BCUT2D eigenvalue weighted by Crippen LogP contribution is -2.50. The maximum atomic E-state index is 6.35. The van der Waals surface area contributed by atoms with E-state index in [9.17, 15) is 0 Å². The molecule has 1 aliphatic rings. The summed E-state index contributed by atoms with van der Waals surface area (Å²) in [5, 5.41) is 4.48. The summed E-state index contributed by atoms with van der Waals surface area (Å²) in [6, 6.07) is 13.5. The van der Waals surface area contributed by atoms with E-state index in [1.165, 1.54) is 27.1 Å². The summed E-state index contributed by atoms with van der Waals surface area (Å²) in [5.74, 6) is 1.15. The maximum Gasteiger partial charge on any atom is 0.118 e. The molecule has 0 saturated carbocycles. The van der Waals surface area contributed by atoms with E-state index in [2.05, 4.69) is 88.7 Å². The van der Waals surface area contributed by atoms with Gasteiger partial charge in [-0.1, -0.05) is 98.6 Å². The molecular weight excluding hydrogens is 360 g/mol. The lowest BCUT2D eigenvalue weighted by atomic mass is 10.1. The van der Waals surface area contributed by atoms with Crippen LogP contribution in [0.15, 0.2) is 54.2 Å².